The number of halogens is 1. The maximum atomic E-state index is 10.5. The Labute approximate surface area is 113 Å². The molecule has 1 aliphatic rings. The second-order valence-corrected chi connectivity index (χ2v) is 5.59. The smallest absolute Gasteiger partial charge is 0.222 e. The van der Waals surface area contributed by atoms with Gasteiger partial charge in [-0.1, -0.05) is 24.9 Å². The average Bonchev–Trinajstić information content (AvgIpc) is 2.39. The van der Waals surface area contributed by atoms with Crippen molar-refractivity contribution in [3.05, 3.63) is 17.4 Å². The van der Waals surface area contributed by atoms with Crippen LogP contribution in [0, 0.1) is 5.92 Å². The van der Waals surface area contributed by atoms with Crippen molar-refractivity contribution >= 4 is 17.5 Å². The number of hydrogen-bond donors (Lipinski definition) is 2. The molecule has 2 N–H and O–H groups in total. The van der Waals surface area contributed by atoms with Crippen LogP contribution in [-0.4, -0.2) is 27.2 Å². The van der Waals surface area contributed by atoms with Crippen LogP contribution in [0.3, 0.4) is 0 Å². The molecule has 1 aliphatic carbocycles. The number of nitrogens with one attached hydrogen (secondary N) is 1. The van der Waals surface area contributed by atoms with Gasteiger partial charge in [-0.2, -0.15) is 0 Å². The van der Waals surface area contributed by atoms with Crippen LogP contribution in [0.2, 0.25) is 5.02 Å². The van der Waals surface area contributed by atoms with Gasteiger partial charge < -0.3 is 10.4 Å². The van der Waals surface area contributed by atoms with E-state index in [1.807, 2.05) is 0 Å². The second-order valence-electron chi connectivity index (χ2n) is 5.15. The van der Waals surface area contributed by atoms with E-state index in [9.17, 15) is 5.11 Å². The van der Waals surface area contributed by atoms with E-state index in [1.54, 1.807) is 12.4 Å². The summed E-state index contributed by atoms with van der Waals surface area (Å²) < 4.78 is 0. The Morgan fingerprint density at radius 2 is 2.00 bits per heavy atom. The van der Waals surface area contributed by atoms with E-state index >= 15 is 0 Å². The van der Waals surface area contributed by atoms with Crippen LogP contribution in [0.25, 0.3) is 0 Å². The van der Waals surface area contributed by atoms with Crippen molar-refractivity contribution in [2.45, 2.75) is 44.6 Å². The summed E-state index contributed by atoms with van der Waals surface area (Å²) in [5, 5.41) is 14.1. The Kier molecular flexibility index (Phi) is 4.40. The first kappa shape index (κ1) is 13.6. The minimum atomic E-state index is -0.616. The SMILES string of the molecule is CCC1CCC(O)(CNc2ncc(Cl)cn2)CC1. The molecular weight excluding hydrogens is 250 g/mol. The molecule has 1 saturated carbocycles. The van der Waals surface area contributed by atoms with Crippen molar-refractivity contribution in [3.8, 4) is 0 Å². The van der Waals surface area contributed by atoms with Crippen LogP contribution in [0.5, 0.6) is 0 Å². The van der Waals surface area contributed by atoms with Crippen molar-refractivity contribution in [2.24, 2.45) is 5.92 Å². The van der Waals surface area contributed by atoms with Gasteiger partial charge in [0.25, 0.3) is 0 Å². The van der Waals surface area contributed by atoms with Crippen LogP contribution < -0.4 is 5.32 Å². The maximum absolute atomic E-state index is 10.5. The molecule has 4 nitrogen and oxygen atoms in total. The fourth-order valence-corrected chi connectivity index (χ4v) is 2.54. The number of rotatable bonds is 4. The summed E-state index contributed by atoms with van der Waals surface area (Å²) in [6.45, 7) is 2.72. The largest absolute Gasteiger partial charge is 0.388 e. The molecule has 0 atom stereocenters. The molecule has 1 heterocycles. The Hall–Kier alpha value is -0.870. The zero-order valence-corrected chi connectivity index (χ0v) is 11.5. The summed E-state index contributed by atoms with van der Waals surface area (Å²) in [6, 6.07) is 0. The molecule has 1 aromatic rings. The molecule has 0 spiro atoms. The Balaban J connectivity index is 1.84. The van der Waals surface area contributed by atoms with Crippen molar-refractivity contribution in [2.75, 3.05) is 11.9 Å². The molecule has 1 aromatic heterocycles. The zero-order valence-electron chi connectivity index (χ0n) is 10.7. The lowest BCUT2D eigenvalue weighted by molar-refractivity contribution is 0.00216. The third kappa shape index (κ3) is 3.56. The molecule has 0 bridgehead atoms. The minimum absolute atomic E-state index is 0.505. The van der Waals surface area contributed by atoms with Crippen LogP contribution in [0.1, 0.15) is 39.0 Å². The van der Waals surface area contributed by atoms with E-state index in [0.717, 1.165) is 31.6 Å². The summed E-state index contributed by atoms with van der Waals surface area (Å²) in [5.74, 6) is 1.29. The molecule has 0 aromatic carbocycles. The van der Waals surface area contributed by atoms with Gasteiger partial charge in [0.05, 0.1) is 23.0 Å². The Morgan fingerprint density at radius 1 is 1.39 bits per heavy atom. The van der Waals surface area contributed by atoms with E-state index in [0.29, 0.717) is 17.5 Å². The minimum Gasteiger partial charge on any atom is -0.388 e. The highest BCUT2D eigenvalue weighted by Crippen LogP contribution is 2.33. The molecule has 100 valence electrons. The van der Waals surface area contributed by atoms with Gasteiger partial charge in [-0.05, 0) is 31.6 Å². The third-order valence-electron chi connectivity index (χ3n) is 3.81. The van der Waals surface area contributed by atoms with E-state index in [4.69, 9.17) is 11.6 Å². The molecule has 1 fully saturated rings. The van der Waals surface area contributed by atoms with E-state index in [1.165, 1.54) is 6.42 Å². The monoisotopic (exact) mass is 269 g/mol. The van der Waals surface area contributed by atoms with Crippen molar-refractivity contribution in [1.82, 2.24) is 9.97 Å². The topological polar surface area (TPSA) is 58.0 Å². The fourth-order valence-electron chi connectivity index (χ4n) is 2.45. The van der Waals surface area contributed by atoms with Crippen LogP contribution in [0.4, 0.5) is 5.95 Å². The molecule has 0 amide bonds. The van der Waals surface area contributed by atoms with Crippen molar-refractivity contribution in [1.29, 1.82) is 0 Å². The molecule has 0 saturated heterocycles. The van der Waals surface area contributed by atoms with Crippen LogP contribution in [-0.2, 0) is 0 Å². The highest BCUT2D eigenvalue weighted by atomic mass is 35.5. The van der Waals surface area contributed by atoms with Gasteiger partial charge in [-0.3, -0.25) is 0 Å². The van der Waals surface area contributed by atoms with Gasteiger partial charge in [-0.15, -0.1) is 0 Å². The highest BCUT2D eigenvalue weighted by Gasteiger charge is 2.32. The molecular formula is C13H20ClN3O. The van der Waals surface area contributed by atoms with Crippen LogP contribution >= 0.6 is 11.6 Å². The average molecular weight is 270 g/mol. The lowest BCUT2D eigenvalue weighted by Crippen LogP contribution is -2.40. The first-order valence-corrected chi connectivity index (χ1v) is 6.93. The molecule has 0 unspecified atom stereocenters. The van der Waals surface area contributed by atoms with Gasteiger partial charge in [0.1, 0.15) is 0 Å². The molecule has 0 radical (unpaired) electrons. The number of aromatic nitrogens is 2. The first-order chi connectivity index (χ1) is 8.61. The fraction of sp³-hybridized carbons (Fsp3) is 0.692. The zero-order chi connectivity index (χ0) is 13.0. The van der Waals surface area contributed by atoms with Gasteiger partial charge in [-0.25, -0.2) is 9.97 Å². The second kappa shape index (κ2) is 5.85. The molecule has 5 heteroatoms. The Morgan fingerprint density at radius 3 is 2.56 bits per heavy atom. The normalized spacial score (nSPS) is 28.1. The van der Waals surface area contributed by atoms with Gasteiger partial charge in [0, 0.05) is 6.54 Å². The lowest BCUT2D eigenvalue weighted by Gasteiger charge is -2.35. The number of nitrogens with zero attached hydrogens (tertiary/aromatic N) is 2. The standard InChI is InChI=1S/C13H20ClN3O/c1-2-10-3-5-13(18,6-4-10)9-17-12-15-7-11(14)8-16-12/h7-8,10,18H,2-6,9H2,1H3,(H,15,16,17). The van der Waals surface area contributed by atoms with Gasteiger partial charge in [0.15, 0.2) is 0 Å². The maximum Gasteiger partial charge on any atom is 0.222 e. The van der Waals surface area contributed by atoms with Crippen molar-refractivity contribution in [3.63, 3.8) is 0 Å². The first-order valence-electron chi connectivity index (χ1n) is 6.55. The van der Waals surface area contributed by atoms with Gasteiger partial charge in [0.2, 0.25) is 5.95 Å². The highest BCUT2D eigenvalue weighted by molar-refractivity contribution is 6.30. The van der Waals surface area contributed by atoms with Crippen LogP contribution in [0.15, 0.2) is 12.4 Å². The molecule has 0 aliphatic heterocycles. The number of hydrogen-bond acceptors (Lipinski definition) is 4. The predicted octanol–water partition coefficient (Wildman–Crippen LogP) is 2.87. The summed E-state index contributed by atoms with van der Waals surface area (Å²) in [6.07, 6.45) is 8.23. The predicted molar refractivity (Wildman–Crippen MR) is 72.7 cm³/mol. The summed E-state index contributed by atoms with van der Waals surface area (Å²) >= 11 is 5.72. The molecule has 2 rings (SSSR count). The number of aliphatic hydroxyl groups is 1. The summed E-state index contributed by atoms with van der Waals surface area (Å²) in [5.41, 5.74) is -0.616. The quantitative estimate of drug-likeness (QED) is 0.882. The van der Waals surface area contributed by atoms with E-state index in [-0.39, 0.29) is 0 Å². The summed E-state index contributed by atoms with van der Waals surface area (Å²) in [7, 11) is 0. The van der Waals surface area contributed by atoms with Gasteiger partial charge >= 0.3 is 0 Å². The van der Waals surface area contributed by atoms with E-state index < -0.39 is 5.60 Å². The third-order valence-corrected chi connectivity index (χ3v) is 4.00. The van der Waals surface area contributed by atoms with Crippen molar-refractivity contribution < 1.29 is 5.11 Å². The lowest BCUT2D eigenvalue weighted by atomic mass is 9.78. The van der Waals surface area contributed by atoms with E-state index in [2.05, 4.69) is 22.2 Å². The Bertz CT molecular complexity index is 374. The summed E-state index contributed by atoms with van der Waals surface area (Å²) in [4.78, 5) is 8.12. The number of anilines is 1. The molecule has 18 heavy (non-hydrogen) atoms.